The third kappa shape index (κ3) is 5.52. The fourth-order valence-corrected chi connectivity index (χ4v) is 7.32. The molecule has 0 spiro atoms. The molecule has 10 aromatic rings. The number of pyridine rings is 2. The number of fused-ring (bicyclic) bond motifs is 5. The fraction of sp³-hybridized carbons (Fsp3) is 0. The van der Waals surface area contributed by atoms with E-state index in [1.165, 1.54) is 10.8 Å². The lowest BCUT2D eigenvalue weighted by Gasteiger charge is -2.24. The molecule has 0 saturated carbocycles. The molecule has 0 N–H and O–H groups in total. The lowest BCUT2D eigenvalue weighted by molar-refractivity contribution is 1.07. The predicted molar refractivity (Wildman–Crippen MR) is 218 cm³/mol. The molecule has 7 heteroatoms. The maximum Gasteiger partial charge on any atom is 0.164 e. The van der Waals surface area contributed by atoms with Crippen LogP contribution in [-0.4, -0.2) is 29.5 Å². The van der Waals surface area contributed by atoms with Crippen molar-refractivity contribution in [2.45, 2.75) is 0 Å². The van der Waals surface area contributed by atoms with Gasteiger partial charge in [-0.05, 0) is 60.0 Å². The molecule has 0 aliphatic heterocycles. The zero-order chi connectivity index (χ0) is 35.8. The highest BCUT2D eigenvalue weighted by atomic mass is 15.2. The Kier molecular flexibility index (Phi) is 7.66. The van der Waals surface area contributed by atoms with Crippen LogP contribution in [0.3, 0.4) is 0 Å². The monoisotopic (exact) mass is 693 g/mol. The Morgan fingerprint density at radius 1 is 0.407 bits per heavy atom. The van der Waals surface area contributed by atoms with Crippen molar-refractivity contribution in [1.82, 2.24) is 29.5 Å². The van der Waals surface area contributed by atoms with E-state index in [9.17, 15) is 0 Å². The van der Waals surface area contributed by atoms with Gasteiger partial charge < -0.3 is 9.47 Å². The van der Waals surface area contributed by atoms with E-state index < -0.39 is 0 Å². The minimum absolute atomic E-state index is 0.612. The van der Waals surface area contributed by atoms with Crippen molar-refractivity contribution in [2.75, 3.05) is 4.90 Å². The molecule has 10 rings (SSSR count). The second-order valence-electron chi connectivity index (χ2n) is 13.1. The van der Waals surface area contributed by atoms with Crippen LogP contribution in [0, 0.1) is 0 Å². The smallest absolute Gasteiger partial charge is 0.164 e. The maximum atomic E-state index is 5.04. The van der Waals surface area contributed by atoms with E-state index in [0.717, 1.165) is 61.2 Å². The summed E-state index contributed by atoms with van der Waals surface area (Å²) in [5, 5.41) is 4.64. The third-order valence-electron chi connectivity index (χ3n) is 9.76. The minimum atomic E-state index is 0.612. The van der Waals surface area contributed by atoms with E-state index in [1.54, 1.807) is 12.4 Å². The fourth-order valence-electron chi connectivity index (χ4n) is 7.32. The summed E-state index contributed by atoms with van der Waals surface area (Å²) in [6.45, 7) is 0. The first kappa shape index (κ1) is 31.2. The van der Waals surface area contributed by atoms with Gasteiger partial charge in [-0.1, -0.05) is 109 Å². The van der Waals surface area contributed by atoms with Crippen LogP contribution in [0.4, 0.5) is 17.1 Å². The van der Waals surface area contributed by atoms with Gasteiger partial charge in [0, 0.05) is 56.6 Å². The molecule has 4 aromatic heterocycles. The molecule has 0 bridgehead atoms. The molecule has 0 saturated heterocycles. The Morgan fingerprint density at radius 2 is 1.02 bits per heavy atom. The van der Waals surface area contributed by atoms with Gasteiger partial charge in [-0.2, -0.15) is 0 Å². The molecule has 0 atom stereocenters. The van der Waals surface area contributed by atoms with Crippen molar-refractivity contribution in [1.29, 1.82) is 0 Å². The Labute approximate surface area is 311 Å². The summed E-state index contributed by atoms with van der Waals surface area (Å²) in [4.78, 5) is 26.1. The highest BCUT2D eigenvalue weighted by molar-refractivity contribution is 6.19. The SMILES string of the molecule is c1ccc(-c2nc(-c3ccccc3)nc(-c3cccc(-n4c5ccc(N(c6cccnc6)c6cccnc6)cc5c5ccc6ccccc6c54)c3)n2)cc1. The van der Waals surface area contributed by atoms with Crippen molar-refractivity contribution in [3.05, 3.63) is 189 Å². The lowest BCUT2D eigenvalue weighted by atomic mass is 10.1. The number of hydrogen-bond donors (Lipinski definition) is 0. The highest BCUT2D eigenvalue weighted by Crippen LogP contribution is 2.41. The summed E-state index contributed by atoms with van der Waals surface area (Å²) in [5.74, 6) is 1.88. The highest BCUT2D eigenvalue weighted by Gasteiger charge is 2.20. The van der Waals surface area contributed by atoms with Crippen LogP contribution < -0.4 is 4.90 Å². The van der Waals surface area contributed by atoms with Crippen molar-refractivity contribution >= 4 is 49.6 Å². The van der Waals surface area contributed by atoms with Crippen LogP contribution in [0.1, 0.15) is 0 Å². The van der Waals surface area contributed by atoms with E-state index in [1.807, 2.05) is 85.2 Å². The first-order valence-electron chi connectivity index (χ1n) is 17.8. The van der Waals surface area contributed by atoms with Gasteiger partial charge in [-0.15, -0.1) is 0 Å². The summed E-state index contributed by atoms with van der Waals surface area (Å²) in [6.07, 6.45) is 7.35. The Morgan fingerprint density at radius 3 is 1.67 bits per heavy atom. The molecule has 0 fully saturated rings. The van der Waals surface area contributed by atoms with Gasteiger partial charge in [0.25, 0.3) is 0 Å². The van der Waals surface area contributed by atoms with Crippen LogP contribution in [0.5, 0.6) is 0 Å². The first-order valence-corrected chi connectivity index (χ1v) is 17.8. The number of hydrogen-bond acceptors (Lipinski definition) is 6. The molecule has 254 valence electrons. The van der Waals surface area contributed by atoms with Crippen molar-refractivity contribution < 1.29 is 0 Å². The van der Waals surface area contributed by atoms with Gasteiger partial charge in [-0.3, -0.25) is 9.97 Å². The van der Waals surface area contributed by atoms with Crippen LogP contribution in [0.2, 0.25) is 0 Å². The van der Waals surface area contributed by atoms with Gasteiger partial charge in [0.2, 0.25) is 0 Å². The van der Waals surface area contributed by atoms with E-state index in [4.69, 9.17) is 15.0 Å². The number of anilines is 3. The molecule has 0 amide bonds. The Hall–Kier alpha value is -7.51. The van der Waals surface area contributed by atoms with Crippen LogP contribution in [0.25, 0.3) is 72.4 Å². The van der Waals surface area contributed by atoms with E-state index >= 15 is 0 Å². The molecule has 0 aliphatic rings. The van der Waals surface area contributed by atoms with E-state index in [0.29, 0.717) is 17.5 Å². The predicted octanol–water partition coefficient (Wildman–Crippen LogP) is 11.4. The van der Waals surface area contributed by atoms with Gasteiger partial charge in [0.1, 0.15) is 0 Å². The van der Waals surface area contributed by atoms with Crippen molar-refractivity contribution in [2.24, 2.45) is 0 Å². The summed E-state index contributed by atoms with van der Waals surface area (Å²) in [7, 11) is 0. The number of benzene rings is 6. The molecular weight excluding hydrogens is 663 g/mol. The standard InChI is InChI=1S/C47H31N7/c1-3-13-33(14-4-1)45-50-46(34-15-5-2-6-16-34)52-47(51-45)35-17-9-18-36(28-35)54-43-25-23-37(53(38-19-10-26-48-30-38)39-20-11-27-49-31-39)29-42(43)41-24-22-32-12-7-8-21-40(32)44(41)54/h1-31H. The van der Waals surface area contributed by atoms with E-state index in [-0.39, 0.29) is 0 Å². The second kappa shape index (κ2) is 13.2. The van der Waals surface area contributed by atoms with Crippen LogP contribution in [0.15, 0.2) is 189 Å². The zero-order valence-corrected chi connectivity index (χ0v) is 29.0. The molecule has 6 aromatic carbocycles. The van der Waals surface area contributed by atoms with Crippen molar-refractivity contribution in [3.63, 3.8) is 0 Å². The molecule has 0 aliphatic carbocycles. The van der Waals surface area contributed by atoms with Crippen molar-refractivity contribution in [3.8, 4) is 39.9 Å². The molecule has 4 heterocycles. The van der Waals surface area contributed by atoms with Gasteiger partial charge >= 0.3 is 0 Å². The average Bonchev–Trinajstić information content (AvgIpc) is 3.59. The van der Waals surface area contributed by atoms with Gasteiger partial charge in [-0.25, -0.2) is 15.0 Å². The molecular formula is C47H31N7. The molecule has 54 heavy (non-hydrogen) atoms. The topological polar surface area (TPSA) is 72.6 Å². The van der Waals surface area contributed by atoms with Gasteiger partial charge in [0.15, 0.2) is 17.5 Å². The average molecular weight is 694 g/mol. The largest absolute Gasteiger partial charge is 0.309 e. The number of nitrogens with zero attached hydrogens (tertiary/aromatic N) is 7. The van der Waals surface area contributed by atoms with Gasteiger partial charge in [0.05, 0.1) is 34.8 Å². The quantitative estimate of drug-likeness (QED) is 0.165. The second-order valence-corrected chi connectivity index (χ2v) is 13.1. The molecule has 0 radical (unpaired) electrons. The molecule has 7 nitrogen and oxygen atoms in total. The first-order chi connectivity index (χ1) is 26.8. The summed E-state index contributed by atoms with van der Waals surface area (Å²) >= 11 is 0. The summed E-state index contributed by atoms with van der Waals surface area (Å²) in [5.41, 5.74) is 8.92. The normalized spacial score (nSPS) is 11.3. The van der Waals surface area contributed by atoms with Crippen LogP contribution in [-0.2, 0) is 0 Å². The number of rotatable bonds is 7. The van der Waals surface area contributed by atoms with E-state index in [2.05, 4.69) is 110 Å². The maximum absolute atomic E-state index is 5.04. The summed E-state index contributed by atoms with van der Waals surface area (Å²) in [6, 6.07) is 56.4. The Bertz CT molecular complexity index is 2830. The minimum Gasteiger partial charge on any atom is -0.309 e. The zero-order valence-electron chi connectivity index (χ0n) is 29.0. The third-order valence-corrected chi connectivity index (χ3v) is 9.76. The van der Waals surface area contributed by atoms with Crippen LogP contribution >= 0.6 is 0 Å². The Balaban J connectivity index is 1.19. The number of aromatic nitrogens is 6. The lowest BCUT2D eigenvalue weighted by Crippen LogP contribution is -2.10. The molecule has 0 unspecified atom stereocenters. The summed E-state index contributed by atoms with van der Waals surface area (Å²) < 4.78 is 2.37.